The number of rotatable bonds is 9. The number of para-hydroxylation sites is 1. The van der Waals surface area contributed by atoms with Gasteiger partial charge >= 0.3 is 0 Å². The second kappa shape index (κ2) is 11.0. The van der Waals surface area contributed by atoms with Crippen LogP contribution in [0.2, 0.25) is 0 Å². The first-order chi connectivity index (χ1) is 16.1. The summed E-state index contributed by atoms with van der Waals surface area (Å²) < 4.78 is 6.05. The summed E-state index contributed by atoms with van der Waals surface area (Å²) in [6.45, 7) is 3.97. The van der Waals surface area contributed by atoms with Crippen LogP contribution in [-0.4, -0.2) is 17.4 Å². The van der Waals surface area contributed by atoms with E-state index in [2.05, 4.69) is 53.2 Å². The molecule has 5 heteroatoms. The van der Waals surface area contributed by atoms with Crippen LogP contribution in [0.25, 0.3) is 0 Å². The molecule has 1 amide bonds. The Kier molecular flexibility index (Phi) is 7.61. The third kappa shape index (κ3) is 6.13. The van der Waals surface area contributed by atoms with E-state index in [0.29, 0.717) is 11.4 Å². The third-order valence-electron chi connectivity index (χ3n) is 6.65. The normalized spacial score (nSPS) is 14.1. The van der Waals surface area contributed by atoms with E-state index in [9.17, 15) is 4.79 Å². The SMILES string of the molecule is Cc1c(CN(CCC2CCCCC2)c2ccccc2)cccc1Oc1ccc(C(N)=O)cn1. The van der Waals surface area contributed by atoms with Crippen molar-refractivity contribution in [2.75, 3.05) is 11.4 Å². The van der Waals surface area contributed by atoms with Gasteiger partial charge in [-0.25, -0.2) is 4.98 Å². The highest BCUT2D eigenvalue weighted by atomic mass is 16.5. The molecule has 0 atom stereocenters. The molecule has 0 bridgehead atoms. The molecule has 1 fully saturated rings. The summed E-state index contributed by atoms with van der Waals surface area (Å²) in [5.74, 6) is 1.56. The van der Waals surface area contributed by atoms with Crippen molar-refractivity contribution < 1.29 is 9.53 Å². The number of carbonyl (C=O) groups excluding carboxylic acids is 1. The summed E-state index contributed by atoms with van der Waals surface area (Å²) in [6, 6.07) is 20.1. The Balaban J connectivity index is 1.50. The van der Waals surface area contributed by atoms with Crippen LogP contribution < -0.4 is 15.4 Å². The zero-order valence-electron chi connectivity index (χ0n) is 19.4. The van der Waals surface area contributed by atoms with E-state index in [1.54, 1.807) is 12.1 Å². The largest absolute Gasteiger partial charge is 0.439 e. The quantitative estimate of drug-likeness (QED) is 0.424. The lowest BCUT2D eigenvalue weighted by atomic mass is 9.87. The highest BCUT2D eigenvalue weighted by Gasteiger charge is 2.17. The van der Waals surface area contributed by atoms with Gasteiger partial charge in [0.1, 0.15) is 5.75 Å². The molecule has 33 heavy (non-hydrogen) atoms. The summed E-state index contributed by atoms with van der Waals surface area (Å²) in [6.07, 6.45) is 9.56. The maximum absolute atomic E-state index is 11.3. The Hall–Kier alpha value is -3.34. The molecule has 1 aliphatic carbocycles. The van der Waals surface area contributed by atoms with Crippen molar-refractivity contribution in [1.29, 1.82) is 0 Å². The number of nitrogens with two attached hydrogens (primary N) is 1. The van der Waals surface area contributed by atoms with Crippen LogP contribution in [0.15, 0.2) is 66.9 Å². The molecular formula is C28H33N3O2. The minimum Gasteiger partial charge on any atom is -0.439 e. The minimum absolute atomic E-state index is 0.365. The van der Waals surface area contributed by atoms with Crippen molar-refractivity contribution in [1.82, 2.24) is 4.98 Å². The molecule has 172 valence electrons. The first kappa shape index (κ1) is 22.8. The maximum Gasteiger partial charge on any atom is 0.250 e. The molecule has 0 radical (unpaired) electrons. The molecule has 0 unspecified atom stereocenters. The number of anilines is 1. The van der Waals surface area contributed by atoms with Gasteiger partial charge in [-0.1, -0.05) is 62.4 Å². The molecular weight excluding hydrogens is 410 g/mol. The number of carbonyl (C=O) groups is 1. The van der Waals surface area contributed by atoms with Gasteiger partial charge in [0, 0.05) is 31.0 Å². The van der Waals surface area contributed by atoms with Gasteiger partial charge in [0.2, 0.25) is 11.8 Å². The second-order valence-corrected chi connectivity index (χ2v) is 8.94. The van der Waals surface area contributed by atoms with Crippen LogP contribution >= 0.6 is 0 Å². The highest BCUT2D eigenvalue weighted by Crippen LogP contribution is 2.30. The van der Waals surface area contributed by atoms with Gasteiger partial charge in [-0.15, -0.1) is 0 Å². The molecule has 2 aromatic carbocycles. The lowest BCUT2D eigenvalue weighted by Crippen LogP contribution is -2.26. The van der Waals surface area contributed by atoms with Gasteiger partial charge in [-0.3, -0.25) is 4.79 Å². The maximum atomic E-state index is 11.3. The fraction of sp³-hybridized carbons (Fsp3) is 0.357. The Morgan fingerprint density at radius 3 is 2.52 bits per heavy atom. The topological polar surface area (TPSA) is 68.5 Å². The Labute approximate surface area is 196 Å². The van der Waals surface area contributed by atoms with E-state index in [4.69, 9.17) is 10.5 Å². The lowest BCUT2D eigenvalue weighted by molar-refractivity contribution is 0.1000. The molecule has 2 N–H and O–H groups in total. The molecule has 3 aromatic rings. The molecule has 0 spiro atoms. The Morgan fingerprint density at radius 1 is 1.03 bits per heavy atom. The van der Waals surface area contributed by atoms with Crippen molar-refractivity contribution in [2.45, 2.75) is 52.0 Å². The Morgan fingerprint density at radius 2 is 1.82 bits per heavy atom. The molecule has 0 aliphatic heterocycles. The zero-order valence-corrected chi connectivity index (χ0v) is 19.4. The number of benzene rings is 2. The average molecular weight is 444 g/mol. The van der Waals surface area contributed by atoms with Gasteiger partial charge in [-0.05, 0) is 54.7 Å². The molecule has 1 aliphatic rings. The van der Waals surface area contributed by atoms with Crippen molar-refractivity contribution in [3.8, 4) is 11.6 Å². The first-order valence-electron chi connectivity index (χ1n) is 11.9. The summed E-state index contributed by atoms with van der Waals surface area (Å²) in [5.41, 5.74) is 9.24. The van der Waals surface area contributed by atoms with Gasteiger partial charge in [0.15, 0.2) is 0 Å². The van der Waals surface area contributed by atoms with Crippen LogP contribution in [0.4, 0.5) is 5.69 Å². The average Bonchev–Trinajstić information content (AvgIpc) is 2.85. The van der Waals surface area contributed by atoms with E-state index in [0.717, 1.165) is 30.3 Å². The molecule has 1 aromatic heterocycles. The summed E-state index contributed by atoms with van der Waals surface area (Å²) in [7, 11) is 0. The highest BCUT2D eigenvalue weighted by molar-refractivity contribution is 5.92. The van der Waals surface area contributed by atoms with Crippen molar-refractivity contribution >= 4 is 11.6 Å². The molecule has 4 rings (SSSR count). The minimum atomic E-state index is -0.499. The predicted molar refractivity (Wildman–Crippen MR) is 133 cm³/mol. The van der Waals surface area contributed by atoms with Crippen LogP contribution in [0.1, 0.15) is 60.0 Å². The van der Waals surface area contributed by atoms with Crippen molar-refractivity contribution in [3.63, 3.8) is 0 Å². The monoisotopic (exact) mass is 443 g/mol. The second-order valence-electron chi connectivity index (χ2n) is 8.94. The fourth-order valence-electron chi connectivity index (χ4n) is 4.60. The van der Waals surface area contributed by atoms with Crippen molar-refractivity contribution in [3.05, 3.63) is 83.6 Å². The van der Waals surface area contributed by atoms with Crippen LogP contribution in [0.5, 0.6) is 11.6 Å². The van der Waals surface area contributed by atoms with Gasteiger partial charge < -0.3 is 15.4 Å². The molecule has 0 saturated heterocycles. The number of hydrogen-bond donors (Lipinski definition) is 1. The number of ether oxygens (including phenoxy) is 1. The number of hydrogen-bond acceptors (Lipinski definition) is 4. The fourth-order valence-corrected chi connectivity index (χ4v) is 4.60. The smallest absolute Gasteiger partial charge is 0.250 e. The number of amides is 1. The Bertz CT molecular complexity index is 1040. The van der Waals surface area contributed by atoms with E-state index in [1.807, 2.05) is 12.1 Å². The first-order valence-corrected chi connectivity index (χ1v) is 11.9. The number of primary amides is 1. The molecule has 1 saturated carbocycles. The summed E-state index contributed by atoms with van der Waals surface area (Å²) in [4.78, 5) is 18.0. The van der Waals surface area contributed by atoms with E-state index in [1.165, 1.54) is 56.0 Å². The third-order valence-corrected chi connectivity index (χ3v) is 6.65. The van der Waals surface area contributed by atoms with Crippen molar-refractivity contribution in [2.24, 2.45) is 11.7 Å². The zero-order chi connectivity index (χ0) is 23.0. The number of nitrogens with zero attached hydrogens (tertiary/aromatic N) is 2. The van der Waals surface area contributed by atoms with Gasteiger partial charge in [0.05, 0.1) is 5.56 Å². The van der Waals surface area contributed by atoms with Crippen LogP contribution in [0, 0.1) is 12.8 Å². The lowest BCUT2D eigenvalue weighted by Gasteiger charge is -2.29. The molecule has 5 nitrogen and oxygen atoms in total. The number of aromatic nitrogens is 1. The van der Waals surface area contributed by atoms with Crippen LogP contribution in [0.3, 0.4) is 0 Å². The predicted octanol–water partition coefficient (Wildman–Crippen LogP) is 6.26. The molecule has 1 heterocycles. The van der Waals surface area contributed by atoms with Crippen LogP contribution in [-0.2, 0) is 6.54 Å². The standard InChI is InChI=1S/C28H33N3O2/c1-21-24(11-8-14-26(21)33-27-16-15-23(19-30-27)28(29)32)20-31(25-12-6-3-7-13-25)18-17-22-9-4-2-5-10-22/h3,6-8,11-16,19,22H,2,4-5,9-10,17-18,20H2,1H3,(H2,29,32). The van der Waals surface area contributed by atoms with E-state index in [-0.39, 0.29) is 0 Å². The van der Waals surface area contributed by atoms with Gasteiger partial charge in [-0.2, -0.15) is 0 Å². The van der Waals surface area contributed by atoms with E-state index < -0.39 is 5.91 Å². The van der Waals surface area contributed by atoms with E-state index >= 15 is 0 Å². The van der Waals surface area contributed by atoms with Gasteiger partial charge in [0.25, 0.3) is 0 Å². The summed E-state index contributed by atoms with van der Waals surface area (Å²) >= 11 is 0. The number of pyridine rings is 1. The summed E-state index contributed by atoms with van der Waals surface area (Å²) in [5, 5.41) is 0.